The normalized spacial score (nSPS) is 14.4. The first-order chi connectivity index (χ1) is 16.6. The van der Waals surface area contributed by atoms with Crippen molar-refractivity contribution in [3.63, 3.8) is 0 Å². The number of hydrogen-bond donors (Lipinski definition) is 1. The summed E-state index contributed by atoms with van der Waals surface area (Å²) in [6, 6.07) is 16.7. The summed E-state index contributed by atoms with van der Waals surface area (Å²) in [6.45, 7) is 12.4. The number of piperazine rings is 1. The average molecular weight is 460 g/mol. The van der Waals surface area contributed by atoms with Crippen molar-refractivity contribution in [2.45, 2.75) is 40.0 Å². The van der Waals surface area contributed by atoms with Crippen molar-refractivity contribution in [3.8, 4) is 5.69 Å². The van der Waals surface area contributed by atoms with Gasteiger partial charge in [-0.25, -0.2) is 4.98 Å². The summed E-state index contributed by atoms with van der Waals surface area (Å²) in [6.07, 6.45) is 4.64. The van der Waals surface area contributed by atoms with Crippen LogP contribution in [0.4, 0.5) is 5.69 Å². The molecule has 0 bridgehead atoms. The van der Waals surface area contributed by atoms with E-state index < -0.39 is 0 Å². The molecule has 0 unspecified atom stereocenters. The molecule has 1 aliphatic rings. The summed E-state index contributed by atoms with van der Waals surface area (Å²) >= 11 is 0. The number of nitrogens with one attached hydrogen (secondary N) is 1. The van der Waals surface area contributed by atoms with Crippen molar-refractivity contribution in [3.05, 3.63) is 77.4 Å². The maximum atomic E-state index is 12.7. The maximum Gasteiger partial charge on any atom is 0.271 e. The van der Waals surface area contributed by atoms with Gasteiger partial charge in [-0.15, -0.1) is 0 Å². The Labute approximate surface area is 203 Å². The zero-order valence-electron chi connectivity index (χ0n) is 20.8. The van der Waals surface area contributed by atoms with Crippen LogP contribution in [0, 0.1) is 13.8 Å². The molecular weight excluding hydrogens is 422 g/mol. The van der Waals surface area contributed by atoms with E-state index in [1.165, 1.54) is 16.8 Å². The predicted octanol–water partition coefficient (Wildman–Crippen LogP) is 4.38. The number of rotatable bonds is 9. The van der Waals surface area contributed by atoms with Crippen LogP contribution in [-0.4, -0.2) is 59.6 Å². The molecule has 0 aliphatic carbocycles. The summed E-state index contributed by atoms with van der Waals surface area (Å²) < 4.78 is 2.04. The molecule has 0 spiro atoms. The Kier molecular flexibility index (Phi) is 8.01. The summed E-state index contributed by atoms with van der Waals surface area (Å²) in [4.78, 5) is 22.4. The molecule has 3 aromatic rings. The van der Waals surface area contributed by atoms with Crippen LogP contribution in [0.3, 0.4) is 0 Å². The summed E-state index contributed by atoms with van der Waals surface area (Å²) in [7, 11) is 0. The number of amides is 1. The minimum atomic E-state index is -0.0909. The highest BCUT2D eigenvalue weighted by atomic mass is 16.1. The Morgan fingerprint density at radius 3 is 2.50 bits per heavy atom. The van der Waals surface area contributed by atoms with E-state index >= 15 is 0 Å². The van der Waals surface area contributed by atoms with Crippen molar-refractivity contribution in [2.75, 3.05) is 44.2 Å². The van der Waals surface area contributed by atoms with E-state index in [-0.39, 0.29) is 5.91 Å². The van der Waals surface area contributed by atoms with Crippen LogP contribution in [0.2, 0.25) is 0 Å². The van der Waals surface area contributed by atoms with Gasteiger partial charge in [0.25, 0.3) is 5.91 Å². The van der Waals surface area contributed by atoms with Crippen LogP contribution in [0.15, 0.2) is 54.7 Å². The van der Waals surface area contributed by atoms with Crippen molar-refractivity contribution >= 4 is 11.6 Å². The molecule has 6 nitrogen and oxygen atoms in total. The first-order valence-electron chi connectivity index (χ1n) is 12.5. The fourth-order valence-electron chi connectivity index (χ4n) is 4.63. The summed E-state index contributed by atoms with van der Waals surface area (Å²) in [5, 5.41) is 3.07. The van der Waals surface area contributed by atoms with Gasteiger partial charge in [-0.2, -0.15) is 0 Å². The molecule has 1 amide bonds. The number of anilines is 1. The lowest BCUT2D eigenvalue weighted by atomic mass is 10.1. The van der Waals surface area contributed by atoms with Gasteiger partial charge in [0.2, 0.25) is 0 Å². The minimum Gasteiger partial charge on any atom is -0.369 e. The van der Waals surface area contributed by atoms with Gasteiger partial charge in [0.15, 0.2) is 0 Å². The molecule has 0 atom stereocenters. The van der Waals surface area contributed by atoms with E-state index in [4.69, 9.17) is 0 Å². The number of aryl methyl sites for hydroxylation is 2. The number of benzene rings is 2. The van der Waals surface area contributed by atoms with E-state index in [1.54, 1.807) is 0 Å². The molecule has 0 radical (unpaired) electrons. The molecular formula is C28H37N5O. The predicted molar refractivity (Wildman–Crippen MR) is 139 cm³/mol. The first-order valence-corrected chi connectivity index (χ1v) is 12.5. The zero-order valence-corrected chi connectivity index (χ0v) is 20.8. The molecule has 180 valence electrons. The second kappa shape index (κ2) is 11.3. The van der Waals surface area contributed by atoms with E-state index in [1.807, 2.05) is 41.1 Å². The lowest BCUT2D eigenvalue weighted by Gasteiger charge is -2.37. The van der Waals surface area contributed by atoms with E-state index in [9.17, 15) is 4.79 Å². The van der Waals surface area contributed by atoms with Crippen LogP contribution < -0.4 is 10.2 Å². The average Bonchev–Trinajstić information content (AvgIpc) is 3.29. The highest BCUT2D eigenvalue weighted by Crippen LogP contribution is 2.23. The van der Waals surface area contributed by atoms with Gasteiger partial charge in [0, 0.05) is 56.7 Å². The van der Waals surface area contributed by atoms with Gasteiger partial charge in [0.1, 0.15) is 11.5 Å². The number of para-hydroxylation sites is 1. The number of carbonyl (C=O) groups excluding carboxylic acids is 1. The van der Waals surface area contributed by atoms with Crippen LogP contribution in [0.1, 0.15) is 47.2 Å². The third kappa shape index (κ3) is 5.68. The van der Waals surface area contributed by atoms with Gasteiger partial charge in [-0.1, -0.05) is 37.3 Å². The molecule has 1 aromatic heterocycles. The molecule has 1 saturated heterocycles. The summed E-state index contributed by atoms with van der Waals surface area (Å²) in [5.41, 5.74) is 5.64. The monoisotopic (exact) mass is 459 g/mol. The third-order valence-corrected chi connectivity index (χ3v) is 6.75. The lowest BCUT2D eigenvalue weighted by Crippen LogP contribution is -2.47. The highest BCUT2D eigenvalue weighted by Gasteiger charge is 2.19. The fraction of sp³-hybridized carbons (Fsp3) is 0.429. The minimum absolute atomic E-state index is 0.0909. The molecule has 6 heteroatoms. The molecule has 4 rings (SSSR count). The number of hydrogen-bond acceptors (Lipinski definition) is 4. The molecule has 2 aromatic carbocycles. The van der Waals surface area contributed by atoms with Crippen molar-refractivity contribution in [1.82, 2.24) is 19.8 Å². The van der Waals surface area contributed by atoms with E-state index in [2.05, 4.69) is 59.1 Å². The second-order valence-electron chi connectivity index (χ2n) is 9.16. The number of nitrogens with zero attached hydrogens (tertiary/aromatic N) is 4. The molecule has 2 heterocycles. The standard InChI is InChI=1S/C28H37N5O/c1-4-10-27-30-25(21-33(27)24-12-6-5-7-13-24)28(34)29-15-9-16-31-17-19-32(20-18-31)26-14-8-11-22(2)23(26)3/h5-8,11-14,21H,4,9-10,15-20H2,1-3H3,(H,29,34). The quantitative estimate of drug-likeness (QED) is 0.483. The lowest BCUT2D eigenvalue weighted by molar-refractivity contribution is 0.0946. The Balaban J connectivity index is 1.24. The number of carbonyl (C=O) groups is 1. The molecule has 1 aliphatic heterocycles. The smallest absolute Gasteiger partial charge is 0.271 e. The Hall–Kier alpha value is -3.12. The van der Waals surface area contributed by atoms with Crippen LogP contribution in [0.25, 0.3) is 5.69 Å². The van der Waals surface area contributed by atoms with Gasteiger partial charge in [-0.05, 0) is 62.6 Å². The third-order valence-electron chi connectivity index (χ3n) is 6.75. The SMILES string of the molecule is CCCc1nc(C(=O)NCCCN2CCN(c3cccc(C)c3C)CC2)cn1-c1ccccc1. The molecule has 34 heavy (non-hydrogen) atoms. The van der Waals surface area contributed by atoms with Crippen molar-refractivity contribution in [2.24, 2.45) is 0 Å². The van der Waals surface area contributed by atoms with Crippen LogP contribution >= 0.6 is 0 Å². The Bertz CT molecular complexity index is 1080. The van der Waals surface area contributed by atoms with Gasteiger partial charge < -0.3 is 14.8 Å². The van der Waals surface area contributed by atoms with Crippen LogP contribution in [-0.2, 0) is 6.42 Å². The Morgan fingerprint density at radius 2 is 1.76 bits per heavy atom. The second-order valence-corrected chi connectivity index (χ2v) is 9.16. The molecule has 1 fully saturated rings. The zero-order chi connectivity index (χ0) is 23.9. The van der Waals surface area contributed by atoms with E-state index in [0.717, 1.165) is 63.5 Å². The summed E-state index contributed by atoms with van der Waals surface area (Å²) in [5.74, 6) is 0.840. The van der Waals surface area contributed by atoms with Gasteiger partial charge in [-0.3, -0.25) is 9.69 Å². The Morgan fingerprint density at radius 1 is 1.00 bits per heavy atom. The molecule has 1 N–H and O–H groups in total. The first kappa shape index (κ1) is 24.0. The van der Waals surface area contributed by atoms with Crippen LogP contribution in [0.5, 0.6) is 0 Å². The van der Waals surface area contributed by atoms with Gasteiger partial charge >= 0.3 is 0 Å². The maximum absolute atomic E-state index is 12.7. The van der Waals surface area contributed by atoms with Crippen molar-refractivity contribution in [1.29, 1.82) is 0 Å². The van der Waals surface area contributed by atoms with Crippen molar-refractivity contribution < 1.29 is 4.79 Å². The van der Waals surface area contributed by atoms with E-state index in [0.29, 0.717) is 12.2 Å². The van der Waals surface area contributed by atoms with Gasteiger partial charge in [0.05, 0.1) is 0 Å². The fourth-order valence-corrected chi connectivity index (χ4v) is 4.63. The number of imidazole rings is 1. The topological polar surface area (TPSA) is 53.4 Å². The highest BCUT2D eigenvalue weighted by molar-refractivity contribution is 5.92. The largest absolute Gasteiger partial charge is 0.369 e. The molecule has 0 saturated carbocycles. The number of aromatic nitrogens is 2.